The maximum Gasteiger partial charge on any atom is 0.251 e. The molecule has 2 aromatic carbocycles. The molecule has 0 bridgehead atoms. The number of rotatable bonds is 4. The van der Waals surface area contributed by atoms with Crippen molar-refractivity contribution in [1.29, 1.82) is 5.26 Å². The molecule has 0 spiro atoms. The Kier molecular flexibility index (Phi) is 4.70. The van der Waals surface area contributed by atoms with Crippen molar-refractivity contribution in [2.75, 3.05) is 13.1 Å². The molecule has 4 heteroatoms. The van der Waals surface area contributed by atoms with Crippen LogP contribution in [-0.2, 0) is 6.54 Å². The molecule has 1 atom stereocenters. The highest BCUT2D eigenvalue weighted by molar-refractivity contribution is 5.94. The molecule has 0 aliphatic carbocycles. The van der Waals surface area contributed by atoms with Crippen LogP contribution < -0.4 is 5.32 Å². The van der Waals surface area contributed by atoms with Crippen LogP contribution >= 0.6 is 0 Å². The number of likely N-dealkylation sites (tertiary alicyclic amines) is 1. The van der Waals surface area contributed by atoms with Gasteiger partial charge in [-0.2, -0.15) is 5.26 Å². The number of carbonyl (C=O) groups excluding carboxylic acids is 1. The minimum absolute atomic E-state index is 0.0685. The second-order valence-electron chi connectivity index (χ2n) is 5.87. The Morgan fingerprint density at radius 1 is 1.17 bits per heavy atom. The summed E-state index contributed by atoms with van der Waals surface area (Å²) >= 11 is 0. The number of amides is 1. The monoisotopic (exact) mass is 305 g/mol. The van der Waals surface area contributed by atoms with Gasteiger partial charge in [-0.25, -0.2) is 0 Å². The third-order valence-corrected chi connectivity index (χ3v) is 4.13. The highest BCUT2D eigenvalue weighted by Gasteiger charge is 2.24. The largest absolute Gasteiger partial charge is 0.348 e. The predicted octanol–water partition coefficient (Wildman–Crippen LogP) is 2.56. The quantitative estimate of drug-likeness (QED) is 0.944. The van der Waals surface area contributed by atoms with E-state index in [0.717, 1.165) is 26.1 Å². The summed E-state index contributed by atoms with van der Waals surface area (Å²) in [4.78, 5) is 14.6. The molecule has 1 aliphatic heterocycles. The highest BCUT2D eigenvalue weighted by Crippen LogP contribution is 2.14. The van der Waals surface area contributed by atoms with Gasteiger partial charge in [-0.1, -0.05) is 30.3 Å². The molecule has 3 rings (SSSR count). The molecular formula is C19H19N3O. The molecule has 2 aromatic rings. The molecule has 0 aromatic heterocycles. The Bertz CT molecular complexity index is 704. The lowest BCUT2D eigenvalue weighted by atomic mass is 10.1. The smallest absolute Gasteiger partial charge is 0.251 e. The van der Waals surface area contributed by atoms with E-state index < -0.39 is 0 Å². The van der Waals surface area contributed by atoms with Crippen molar-refractivity contribution in [2.45, 2.75) is 19.0 Å². The fourth-order valence-electron chi connectivity index (χ4n) is 2.90. The second kappa shape index (κ2) is 7.08. The van der Waals surface area contributed by atoms with Crippen LogP contribution in [-0.4, -0.2) is 29.9 Å². The van der Waals surface area contributed by atoms with Gasteiger partial charge in [0, 0.05) is 31.2 Å². The average Bonchev–Trinajstić information content (AvgIpc) is 3.02. The molecule has 1 heterocycles. The van der Waals surface area contributed by atoms with Gasteiger partial charge in [0.05, 0.1) is 11.6 Å². The van der Waals surface area contributed by atoms with Gasteiger partial charge in [0.1, 0.15) is 0 Å². The van der Waals surface area contributed by atoms with E-state index in [-0.39, 0.29) is 11.9 Å². The summed E-state index contributed by atoms with van der Waals surface area (Å²) in [5.74, 6) is -0.0685. The Labute approximate surface area is 136 Å². The molecule has 116 valence electrons. The summed E-state index contributed by atoms with van der Waals surface area (Å²) in [7, 11) is 0. The molecule has 1 N–H and O–H groups in total. The third-order valence-electron chi connectivity index (χ3n) is 4.13. The zero-order valence-electron chi connectivity index (χ0n) is 12.9. The second-order valence-corrected chi connectivity index (χ2v) is 5.87. The third kappa shape index (κ3) is 3.97. The fraction of sp³-hybridized carbons (Fsp3) is 0.263. The van der Waals surface area contributed by atoms with Crippen molar-refractivity contribution >= 4 is 5.91 Å². The van der Waals surface area contributed by atoms with Gasteiger partial charge in [-0.3, -0.25) is 9.69 Å². The zero-order valence-corrected chi connectivity index (χ0v) is 12.9. The van der Waals surface area contributed by atoms with Crippen molar-refractivity contribution in [1.82, 2.24) is 10.2 Å². The van der Waals surface area contributed by atoms with E-state index in [4.69, 9.17) is 5.26 Å². The predicted molar refractivity (Wildman–Crippen MR) is 88.7 cm³/mol. The van der Waals surface area contributed by atoms with Gasteiger partial charge in [0.15, 0.2) is 0 Å². The van der Waals surface area contributed by atoms with Crippen LogP contribution in [0.5, 0.6) is 0 Å². The first kappa shape index (κ1) is 15.3. The molecule has 1 aliphatic rings. The SMILES string of the molecule is N#Cc1ccc(C(=O)NC2CCN(Cc3ccccc3)C2)cc1. The first-order chi connectivity index (χ1) is 11.2. The van der Waals surface area contributed by atoms with Gasteiger partial charge >= 0.3 is 0 Å². The van der Waals surface area contributed by atoms with Crippen molar-refractivity contribution in [3.63, 3.8) is 0 Å². The van der Waals surface area contributed by atoms with Gasteiger partial charge in [-0.15, -0.1) is 0 Å². The number of benzene rings is 2. The van der Waals surface area contributed by atoms with Crippen LogP contribution in [0.4, 0.5) is 0 Å². The average molecular weight is 305 g/mol. The number of hydrogen-bond donors (Lipinski definition) is 1. The summed E-state index contributed by atoms with van der Waals surface area (Å²) in [6.07, 6.45) is 0.967. The number of nitrogens with zero attached hydrogens (tertiary/aromatic N) is 2. The van der Waals surface area contributed by atoms with Gasteiger partial charge in [0.25, 0.3) is 5.91 Å². The van der Waals surface area contributed by atoms with Gasteiger partial charge in [-0.05, 0) is 36.2 Å². The molecule has 1 saturated heterocycles. The highest BCUT2D eigenvalue weighted by atomic mass is 16.1. The van der Waals surface area contributed by atoms with Gasteiger partial charge in [0.2, 0.25) is 0 Å². The summed E-state index contributed by atoms with van der Waals surface area (Å²) in [5.41, 5.74) is 2.47. The van der Waals surface area contributed by atoms with Crippen LogP contribution in [0.2, 0.25) is 0 Å². The van der Waals surface area contributed by atoms with Crippen LogP contribution in [0.3, 0.4) is 0 Å². The standard InChI is InChI=1S/C19H19N3O/c20-12-15-6-8-17(9-7-15)19(23)21-18-10-11-22(14-18)13-16-4-2-1-3-5-16/h1-9,18H,10-11,13-14H2,(H,21,23). The lowest BCUT2D eigenvalue weighted by Gasteiger charge is -2.16. The summed E-state index contributed by atoms with van der Waals surface area (Å²) in [6.45, 7) is 2.79. The molecule has 0 radical (unpaired) electrons. The molecule has 1 fully saturated rings. The number of carbonyl (C=O) groups is 1. The lowest BCUT2D eigenvalue weighted by molar-refractivity contribution is 0.0937. The number of hydrogen-bond acceptors (Lipinski definition) is 3. The summed E-state index contributed by atoms with van der Waals surface area (Å²) < 4.78 is 0. The van der Waals surface area contributed by atoms with E-state index in [0.29, 0.717) is 11.1 Å². The minimum Gasteiger partial charge on any atom is -0.348 e. The Hall–Kier alpha value is -2.64. The van der Waals surface area contributed by atoms with E-state index >= 15 is 0 Å². The topological polar surface area (TPSA) is 56.1 Å². The van der Waals surface area contributed by atoms with Crippen LogP contribution in [0, 0.1) is 11.3 Å². The lowest BCUT2D eigenvalue weighted by Crippen LogP contribution is -2.36. The zero-order chi connectivity index (χ0) is 16.1. The molecule has 1 amide bonds. The summed E-state index contributed by atoms with van der Waals surface area (Å²) in [5, 5.41) is 11.9. The van der Waals surface area contributed by atoms with Gasteiger partial charge < -0.3 is 5.32 Å². The van der Waals surface area contributed by atoms with E-state index in [1.54, 1.807) is 24.3 Å². The van der Waals surface area contributed by atoms with Crippen LogP contribution in [0.15, 0.2) is 54.6 Å². The van der Waals surface area contributed by atoms with Crippen molar-refractivity contribution in [2.24, 2.45) is 0 Å². The first-order valence-corrected chi connectivity index (χ1v) is 7.82. The Morgan fingerprint density at radius 3 is 2.61 bits per heavy atom. The molecule has 4 nitrogen and oxygen atoms in total. The van der Waals surface area contributed by atoms with Crippen molar-refractivity contribution in [3.8, 4) is 6.07 Å². The number of nitrogens with one attached hydrogen (secondary N) is 1. The normalized spacial score (nSPS) is 17.6. The van der Waals surface area contributed by atoms with Crippen molar-refractivity contribution < 1.29 is 4.79 Å². The fourth-order valence-corrected chi connectivity index (χ4v) is 2.90. The summed E-state index contributed by atoms with van der Waals surface area (Å²) in [6, 6.07) is 19.4. The number of nitriles is 1. The van der Waals surface area contributed by atoms with Crippen LogP contribution in [0.25, 0.3) is 0 Å². The molecule has 1 unspecified atom stereocenters. The molecule has 23 heavy (non-hydrogen) atoms. The molecule has 0 saturated carbocycles. The maximum atomic E-state index is 12.3. The van der Waals surface area contributed by atoms with Crippen molar-refractivity contribution in [3.05, 3.63) is 71.3 Å². The Balaban J connectivity index is 1.53. The van der Waals surface area contributed by atoms with Crippen LogP contribution in [0.1, 0.15) is 27.9 Å². The minimum atomic E-state index is -0.0685. The Morgan fingerprint density at radius 2 is 1.91 bits per heavy atom. The molecular weight excluding hydrogens is 286 g/mol. The maximum absolute atomic E-state index is 12.3. The van der Waals surface area contributed by atoms with E-state index in [1.165, 1.54) is 5.56 Å². The first-order valence-electron chi connectivity index (χ1n) is 7.82. The van der Waals surface area contributed by atoms with E-state index in [2.05, 4.69) is 40.6 Å². The van der Waals surface area contributed by atoms with E-state index in [1.807, 2.05) is 6.07 Å². The van der Waals surface area contributed by atoms with E-state index in [9.17, 15) is 4.79 Å².